The summed E-state index contributed by atoms with van der Waals surface area (Å²) in [5.74, 6) is 0. The van der Waals surface area contributed by atoms with Gasteiger partial charge in [-0.25, -0.2) is 0 Å². The maximum atomic E-state index is 4.25. The average Bonchev–Trinajstić information content (AvgIpc) is 2.15. The van der Waals surface area contributed by atoms with Gasteiger partial charge in [-0.1, -0.05) is 33.6 Å². The van der Waals surface area contributed by atoms with Crippen LogP contribution in [0.15, 0.2) is 41.9 Å². The molecule has 0 aliphatic heterocycles. The third kappa shape index (κ3) is 11.4. The van der Waals surface area contributed by atoms with Crippen LogP contribution in [0.25, 0.3) is 0 Å². The SMILES string of the molecule is C=C.COC.Cc1ccc(Br)cc1. The van der Waals surface area contributed by atoms with Crippen molar-refractivity contribution in [3.63, 3.8) is 0 Å². The minimum absolute atomic E-state index is 1.14. The molecule has 0 heterocycles. The summed E-state index contributed by atoms with van der Waals surface area (Å²) in [6.07, 6.45) is 0. The average molecular weight is 245 g/mol. The van der Waals surface area contributed by atoms with Gasteiger partial charge in [0.15, 0.2) is 0 Å². The Bertz CT molecular complexity index is 173. The number of ether oxygens (including phenoxy) is 1. The molecule has 0 amide bonds. The van der Waals surface area contributed by atoms with Crippen molar-refractivity contribution in [2.24, 2.45) is 0 Å². The summed E-state index contributed by atoms with van der Waals surface area (Å²) in [5.41, 5.74) is 1.30. The second-order valence-electron chi connectivity index (χ2n) is 2.20. The number of hydrogen-bond donors (Lipinski definition) is 0. The highest BCUT2D eigenvalue weighted by molar-refractivity contribution is 9.10. The van der Waals surface area contributed by atoms with Crippen molar-refractivity contribution in [3.8, 4) is 0 Å². The minimum Gasteiger partial charge on any atom is -0.388 e. The standard InChI is InChI=1S/C7H7Br.C2H6O.C2H4/c1-6-2-4-7(8)5-3-6;1-3-2;1-2/h2-5H,1H3;1-2H3;1-2H2. The summed E-state index contributed by atoms with van der Waals surface area (Å²) in [5, 5.41) is 0. The molecule has 0 N–H and O–H groups in total. The highest BCUT2D eigenvalue weighted by Crippen LogP contribution is 2.08. The Morgan fingerprint density at radius 2 is 1.38 bits per heavy atom. The highest BCUT2D eigenvalue weighted by atomic mass is 79.9. The van der Waals surface area contributed by atoms with Gasteiger partial charge in [0, 0.05) is 18.7 Å². The molecule has 0 radical (unpaired) electrons. The summed E-state index contributed by atoms with van der Waals surface area (Å²) in [7, 11) is 3.25. The van der Waals surface area contributed by atoms with Crippen LogP contribution in [0.2, 0.25) is 0 Å². The number of rotatable bonds is 0. The van der Waals surface area contributed by atoms with E-state index in [1.165, 1.54) is 5.56 Å². The zero-order valence-corrected chi connectivity index (χ0v) is 10.1. The molecule has 0 aliphatic rings. The van der Waals surface area contributed by atoms with E-state index >= 15 is 0 Å². The molecule has 0 bridgehead atoms. The molecule has 1 aromatic carbocycles. The molecule has 0 saturated carbocycles. The first kappa shape index (κ1) is 14.9. The predicted molar refractivity (Wildman–Crippen MR) is 63.1 cm³/mol. The molecule has 74 valence electrons. The van der Waals surface area contributed by atoms with Gasteiger partial charge in [-0.05, 0) is 19.1 Å². The first-order chi connectivity index (χ1) is 6.20. The lowest BCUT2D eigenvalue weighted by Crippen LogP contribution is -1.66. The molecule has 0 aliphatic carbocycles. The van der Waals surface area contributed by atoms with Gasteiger partial charge in [-0.3, -0.25) is 0 Å². The molecule has 0 atom stereocenters. The molecule has 1 aromatic rings. The molecular weight excluding hydrogens is 228 g/mol. The fraction of sp³-hybridized carbons (Fsp3) is 0.273. The molecule has 0 saturated heterocycles. The van der Waals surface area contributed by atoms with E-state index in [1.807, 2.05) is 12.1 Å². The van der Waals surface area contributed by atoms with Crippen LogP contribution in [0.1, 0.15) is 5.56 Å². The van der Waals surface area contributed by atoms with Crippen molar-refractivity contribution >= 4 is 15.9 Å². The van der Waals surface area contributed by atoms with Crippen molar-refractivity contribution in [2.75, 3.05) is 14.2 Å². The van der Waals surface area contributed by atoms with Crippen molar-refractivity contribution in [1.29, 1.82) is 0 Å². The largest absolute Gasteiger partial charge is 0.388 e. The van der Waals surface area contributed by atoms with Crippen LogP contribution in [0.5, 0.6) is 0 Å². The smallest absolute Gasteiger partial charge is 0.0351 e. The minimum atomic E-state index is 1.14. The Labute approximate surface area is 89.6 Å². The van der Waals surface area contributed by atoms with Crippen LogP contribution < -0.4 is 0 Å². The van der Waals surface area contributed by atoms with Crippen molar-refractivity contribution < 1.29 is 4.74 Å². The Hall–Kier alpha value is -0.600. The lowest BCUT2D eigenvalue weighted by Gasteiger charge is -1.88. The first-order valence-electron chi connectivity index (χ1n) is 3.83. The summed E-state index contributed by atoms with van der Waals surface area (Å²) >= 11 is 3.35. The Morgan fingerprint density at radius 3 is 1.62 bits per heavy atom. The van der Waals surface area contributed by atoms with E-state index in [9.17, 15) is 0 Å². The van der Waals surface area contributed by atoms with Crippen molar-refractivity contribution in [3.05, 3.63) is 47.5 Å². The van der Waals surface area contributed by atoms with E-state index in [-0.39, 0.29) is 0 Å². The van der Waals surface area contributed by atoms with Gasteiger partial charge in [-0.15, -0.1) is 13.2 Å². The summed E-state index contributed by atoms with van der Waals surface area (Å²) < 4.78 is 5.39. The zero-order valence-electron chi connectivity index (χ0n) is 8.51. The van der Waals surface area contributed by atoms with Crippen LogP contribution in [-0.2, 0) is 4.74 Å². The van der Waals surface area contributed by atoms with E-state index in [4.69, 9.17) is 0 Å². The van der Waals surface area contributed by atoms with E-state index < -0.39 is 0 Å². The third-order valence-electron chi connectivity index (χ3n) is 1.01. The second-order valence-corrected chi connectivity index (χ2v) is 3.12. The maximum absolute atomic E-state index is 4.25. The molecule has 13 heavy (non-hydrogen) atoms. The van der Waals surface area contributed by atoms with Crippen molar-refractivity contribution in [1.82, 2.24) is 0 Å². The van der Waals surface area contributed by atoms with Gasteiger partial charge in [0.25, 0.3) is 0 Å². The third-order valence-corrected chi connectivity index (χ3v) is 1.54. The van der Waals surface area contributed by atoms with Gasteiger partial charge in [-0.2, -0.15) is 0 Å². The van der Waals surface area contributed by atoms with Gasteiger partial charge >= 0.3 is 0 Å². The van der Waals surface area contributed by atoms with Crippen LogP contribution in [0, 0.1) is 6.92 Å². The lowest BCUT2D eigenvalue weighted by atomic mass is 10.2. The molecule has 0 fully saturated rings. The van der Waals surface area contributed by atoms with Crippen LogP contribution in [0.3, 0.4) is 0 Å². The Kier molecular flexibility index (Phi) is 13.1. The number of benzene rings is 1. The fourth-order valence-electron chi connectivity index (χ4n) is 0.533. The second kappa shape index (κ2) is 11.4. The number of aryl methyl sites for hydroxylation is 1. The lowest BCUT2D eigenvalue weighted by molar-refractivity contribution is 0.277. The Balaban J connectivity index is 0. The maximum Gasteiger partial charge on any atom is 0.0351 e. The molecule has 0 aromatic heterocycles. The molecule has 2 heteroatoms. The number of halogens is 1. The monoisotopic (exact) mass is 244 g/mol. The molecule has 0 spiro atoms. The quantitative estimate of drug-likeness (QED) is 0.631. The normalized spacial score (nSPS) is 7.38. The van der Waals surface area contributed by atoms with Gasteiger partial charge in [0.05, 0.1) is 0 Å². The predicted octanol–water partition coefficient (Wildman–Crippen LogP) is 3.82. The highest BCUT2D eigenvalue weighted by Gasteiger charge is 1.81. The van der Waals surface area contributed by atoms with E-state index in [2.05, 4.69) is 52.9 Å². The molecule has 0 unspecified atom stereocenters. The zero-order chi connectivity index (χ0) is 10.7. The number of methoxy groups -OCH3 is 1. The van der Waals surface area contributed by atoms with E-state index in [0.29, 0.717) is 0 Å². The number of hydrogen-bond acceptors (Lipinski definition) is 1. The van der Waals surface area contributed by atoms with Crippen LogP contribution in [0.4, 0.5) is 0 Å². The summed E-state index contributed by atoms with van der Waals surface area (Å²) in [4.78, 5) is 0. The molecule has 1 nitrogen and oxygen atoms in total. The van der Waals surface area contributed by atoms with Gasteiger partial charge in [0.2, 0.25) is 0 Å². The summed E-state index contributed by atoms with van der Waals surface area (Å²) in [6, 6.07) is 8.22. The topological polar surface area (TPSA) is 9.23 Å². The molecule has 1 rings (SSSR count). The van der Waals surface area contributed by atoms with Crippen molar-refractivity contribution in [2.45, 2.75) is 6.92 Å². The van der Waals surface area contributed by atoms with E-state index in [1.54, 1.807) is 14.2 Å². The summed E-state index contributed by atoms with van der Waals surface area (Å²) in [6.45, 7) is 8.08. The first-order valence-corrected chi connectivity index (χ1v) is 4.62. The van der Waals surface area contributed by atoms with Crippen LogP contribution in [-0.4, -0.2) is 14.2 Å². The van der Waals surface area contributed by atoms with Crippen LogP contribution >= 0.6 is 15.9 Å². The van der Waals surface area contributed by atoms with E-state index in [0.717, 1.165) is 4.47 Å². The van der Waals surface area contributed by atoms with Gasteiger partial charge in [0.1, 0.15) is 0 Å². The van der Waals surface area contributed by atoms with Gasteiger partial charge < -0.3 is 4.74 Å². The fourth-order valence-corrected chi connectivity index (χ4v) is 0.798. The Morgan fingerprint density at radius 1 is 1.08 bits per heavy atom. The molecular formula is C11H17BrO.